The van der Waals surface area contributed by atoms with Gasteiger partial charge in [-0.1, -0.05) is 56.2 Å². The van der Waals surface area contributed by atoms with E-state index in [2.05, 4.69) is 58.9 Å². The molecular formula is C33H45N3O. The third kappa shape index (κ3) is 6.64. The Morgan fingerprint density at radius 3 is 2.54 bits per heavy atom. The number of rotatable bonds is 8. The fraction of sp³-hybridized carbons (Fsp3) is 0.545. The minimum absolute atomic E-state index is 0. The summed E-state index contributed by atoms with van der Waals surface area (Å²) < 4.78 is 8.09. The summed E-state index contributed by atoms with van der Waals surface area (Å²) in [6.07, 6.45) is 13.3. The SMILES string of the molecule is C.[C-]#[N+]c1ccc2c(c1)c(C(CCCC1CCC(N)CC1)c1cccc(C)c1)cn2CC1CCOCC1. The van der Waals surface area contributed by atoms with Crippen molar-refractivity contribution in [2.24, 2.45) is 17.6 Å². The van der Waals surface area contributed by atoms with E-state index < -0.39 is 0 Å². The second-order valence-electron chi connectivity index (χ2n) is 11.3. The molecule has 1 saturated carbocycles. The molecule has 3 aromatic rings. The van der Waals surface area contributed by atoms with E-state index >= 15 is 0 Å². The van der Waals surface area contributed by atoms with E-state index in [1.54, 1.807) is 0 Å². The number of hydrogen-bond acceptors (Lipinski definition) is 2. The van der Waals surface area contributed by atoms with Crippen molar-refractivity contribution in [1.82, 2.24) is 4.57 Å². The number of ether oxygens (including phenoxy) is 1. The molecule has 2 aliphatic rings. The Morgan fingerprint density at radius 1 is 1.03 bits per heavy atom. The van der Waals surface area contributed by atoms with Gasteiger partial charge in [-0.25, -0.2) is 4.85 Å². The second kappa shape index (κ2) is 12.8. The lowest BCUT2D eigenvalue weighted by atomic mass is 9.81. The highest BCUT2D eigenvalue weighted by molar-refractivity contribution is 5.88. The van der Waals surface area contributed by atoms with Gasteiger partial charge in [0.25, 0.3) is 0 Å². The largest absolute Gasteiger partial charge is 0.381 e. The van der Waals surface area contributed by atoms with E-state index in [9.17, 15) is 0 Å². The van der Waals surface area contributed by atoms with Gasteiger partial charge in [-0.05, 0) is 92.4 Å². The first kappa shape index (κ1) is 27.4. The predicted molar refractivity (Wildman–Crippen MR) is 155 cm³/mol. The van der Waals surface area contributed by atoms with Crippen LogP contribution in [0.5, 0.6) is 0 Å². The molecule has 4 nitrogen and oxygen atoms in total. The van der Waals surface area contributed by atoms with Gasteiger partial charge < -0.3 is 15.0 Å². The maximum absolute atomic E-state index is 7.63. The first-order valence-corrected chi connectivity index (χ1v) is 14.0. The summed E-state index contributed by atoms with van der Waals surface area (Å²) in [5.41, 5.74) is 12.3. The van der Waals surface area contributed by atoms with Crippen LogP contribution in [-0.2, 0) is 11.3 Å². The molecule has 2 aromatic carbocycles. The standard InChI is InChI=1S/C32H41N3O.CH4/c1-23-5-3-7-26(19-23)29(8-4-6-24-9-11-27(33)12-10-24)31-22-35(21-25-15-17-36-18-16-25)32-14-13-28(34-2)20-30(31)32;/h3,5,7,13-14,19-20,22,24-25,27,29H,4,6,8-12,15-18,21,33H2,1H3;1H4. The van der Waals surface area contributed by atoms with E-state index in [4.69, 9.17) is 17.0 Å². The number of aryl methyl sites for hydroxylation is 1. The van der Waals surface area contributed by atoms with Crippen LogP contribution in [0.15, 0.2) is 48.7 Å². The maximum Gasteiger partial charge on any atom is 0.187 e. The zero-order valence-electron chi connectivity index (χ0n) is 21.8. The van der Waals surface area contributed by atoms with Crippen LogP contribution in [0.25, 0.3) is 15.7 Å². The number of nitrogens with two attached hydrogens (primary N) is 1. The van der Waals surface area contributed by atoms with E-state index in [0.29, 0.717) is 17.9 Å². The summed E-state index contributed by atoms with van der Waals surface area (Å²) in [5, 5.41) is 1.26. The van der Waals surface area contributed by atoms with Crippen molar-refractivity contribution in [2.75, 3.05) is 13.2 Å². The number of benzene rings is 2. The quantitative estimate of drug-likeness (QED) is 0.316. The average molecular weight is 500 g/mol. The zero-order chi connectivity index (χ0) is 24.9. The fourth-order valence-electron chi connectivity index (χ4n) is 6.49. The Bertz CT molecular complexity index is 1190. The van der Waals surface area contributed by atoms with Crippen molar-refractivity contribution in [3.05, 3.63) is 76.8 Å². The highest BCUT2D eigenvalue weighted by Crippen LogP contribution is 2.39. The molecule has 0 spiro atoms. The van der Waals surface area contributed by atoms with Crippen LogP contribution in [0.2, 0.25) is 0 Å². The molecule has 1 unspecified atom stereocenters. The van der Waals surface area contributed by atoms with Gasteiger partial charge in [-0.15, -0.1) is 0 Å². The highest BCUT2D eigenvalue weighted by atomic mass is 16.5. The predicted octanol–water partition coefficient (Wildman–Crippen LogP) is 8.38. The van der Waals surface area contributed by atoms with E-state index in [1.165, 1.54) is 66.1 Å². The van der Waals surface area contributed by atoms with E-state index in [0.717, 1.165) is 50.6 Å². The molecule has 1 aliphatic heterocycles. The topological polar surface area (TPSA) is 44.5 Å². The first-order chi connectivity index (χ1) is 17.6. The van der Waals surface area contributed by atoms with Crippen LogP contribution in [-0.4, -0.2) is 23.8 Å². The molecule has 2 heterocycles. The Labute approximate surface area is 224 Å². The Kier molecular flexibility index (Phi) is 9.46. The van der Waals surface area contributed by atoms with Crippen molar-refractivity contribution < 1.29 is 4.74 Å². The summed E-state index contributed by atoms with van der Waals surface area (Å²) in [5.74, 6) is 1.82. The van der Waals surface area contributed by atoms with Gasteiger partial charge in [0.1, 0.15) is 0 Å². The van der Waals surface area contributed by atoms with Crippen LogP contribution in [0.4, 0.5) is 5.69 Å². The van der Waals surface area contributed by atoms with Gasteiger partial charge in [-0.2, -0.15) is 0 Å². The minimum Gasteiger partial charge on any atom is -0.381 e. The molecule has 0 bridgehead atoms. The summed E-state index contributed by atoms with van der Waals surface area (Å²) in [7, 11) is 0. The minimum atomic E-state index is 0. The van der Waals surface area contributed by atoms with Crippen LogP contribution in [0.3, 0.4) is 0 Å². The lowest BCUT2D eigenvalue weighted by Crippen LogP contribution is -2.26. The van der Waals surface area contributed by atoms with E-state index in [1.807, 2.05) is 6.07 Å². The number of aromatic nitrogens is 1. The molecule has 1 aliphatic carbocycles. The normalized spacial score (nSPS) is 21.3. The molecule has 2 N–H and O–H groups in total. The molecule has 1 atom stereocenters. The molecule has 5 rings (SSSR count). The molecule has 198 valence electrons. The number of fused-ring (bicyclic) bond motifs is 1. The second-order valence-corrected chi connectivity index (χ2v) is 11.3. The monoisotopic (exact) mass is 499 g/mol. The molecule has 37 heavy (non-hydrogen) atoms. The molecular weight excluding hydrogens is 454 g/mol. The number of nitrogens with zero attached hydrogens (tertiary/aromatic N) is 2. The summed E-state index contributed by atoms with van der Waals surface area (Å²) in [4.78, 5) is 3.78. The molecule has 0 amide bonds. The summed E-state index contributed by atoms with van der Waals surface area (Å²) in [6, 6.07) is 15.8. The lowest BCUT2D eigenvalue weighted by Gasteiger charge is -2.26. The molecule has 1 saturated heterocycles. The molecule has 1 aromatic heterocycles. The first-order valence-electron chi connectivity index (χ1n) is 14.0. The van der Waals surface area contributed by atoms with Crippen molar-refractivity contribution in [3.63, 3.8) is 0 Å². The fourth-order valence-corrected chi connectivity index (χ4v) is 6.49. The summed E-state index contributed by atoms with van der Waals surface area (Å²) >= 11 is 0. The molecule has 2 fully saturated rings. The molecule has 0 radical (unpaired) electrons. The third-order valence-electron chi connectivity index (χ3n) is 8.64. The van der Waals surface area contributed by atoms with Crippen molar-refractivity contribution in [3.8, 4) is 0 Å². The van der Waals surface area contributed by atoms with Crippen molar-refractivity contribution >= 4 is 16.6 Å². The Morgan fingerprint density at radius 2 is 1.81 bits per heavy atom. The van der Waals surface area contributed by atoms with Crippen LogP contribution in [0.1, 0.15) is 87.8 Å². The molecule has 4 heteroatoms. The van der Waals surface area contributed by atoms with Gasteiger partial charge in [0.15, 0.2) is 5.69 Å². The Hall–Kier alpha value is -2.61. The van der Waals surface area contributed by atoms with Crippen LogP contribution >= 0.6 is 0 Å². The highest BCUT2D eigenvalue weighted by Gasteiger charge is 2.24. The van der Waals surface area contributed by atoms with Crippen LogP contribution < -0.4 is 5.73 Å². The lowest BCUT2D eigenvalue weighted by molar-refractivity contribution is 0.0616. The van der Waals surface area contributed by atoms with Gasteiger partial charge in [0.2, 0.25) is 0 Å². The van der Waals surface area contributed by atoms with Gasteiger partial charge in [0.05, 0.1) is 6.57 Å². The van der Waals surface area contributed by atoms with E-state index in [-0.39, 0.29) is 7.43 Å². The third-order valence-corrected chi connectivity index (χ3v) is 8.64. The Balaban J connectivity index is 0.00000320. The van der Waals surface area contributed by atoms with Crippen molar-refractivity contribution in [1.29, 1.82) is 0 Å². The number of hydrogen-bond donors (Lipinski definition) is 1. The average Bonchev–Trinajstić information content (AvgIpc) is 3.25. The van der Waals surface area contributed by atoms with Gasteiger partial charge in [0, 0.05) is 43.4 Å². The zero-order valence-corrected chi connectivity index (χ0v) is 21.8. The van der Waals surface area contributed by atoms with Gasteiger partial charge >= 0.3 is 0 Å². The maximum atomic E-state index is 7.63. The summed E-state index contributed by atoms with van der Waals surface area (Å²) in [6.45, 7) is 12.6. The van der Waals surface area contributed by atoms with Gasteiger partial charge in [-0.3, -0.25) is 0 Å². The van der Waals surface area contributed by atoms with Crippen molar-refractivity contribution in [2.45, 2.75) is 90.6 Å². The van der Waals surface area contributed by atoms with Crippen LogP contribution in [0, 0.1) is 25.3 Å². The smallest absolute Gasteiger partial charge is 0.187 e.